The molecule has 22 heavy (non-hydrogen) atoms. The Bertz CT molecular complexity index is 738. The predicted octanol–water partition coefficient (Wildman–Crippen LogP) is 4.01. The first-order valence-corrected chi connectivity index (χ1v) is 7.22. The molecule has 0 saturated heterocycles. The van der Waals surface area contributed by atoms with Gasteiger partial charge in [-0.2, -0.15) is 0 Å². The first kappa shape index (κ1) is 14.4. The number of nitrogens with zero attached hydrogens (tertiary/aromatic N) is 1. The van der Waals surface area contributed by atoms with E-state index in [2.05, 4.69) is 23.3 Å². The third kappa shape index (κ3) is 3.18. The van der Waals surface area contributed by atoms with Crippen LogP contribution in [0.3, 0.4) is 0 Å². The Morgan fingerprint density at radius 3 is 2.82 bits per heavy atom. The minimum absolute atomic E-state index is 0.0558. The largest absolute Gasteiger partial charge is 0.445 e. The molecule has 1 atom stereocenters. The van der Waals surface area contributed by atoms with Crippen LogP contribution in [0, 0.1) is 0 Å². The molecule has 4 heteroatoms. The van der Waals surface area contributed by atoms with Crippen LogP contribution in [0.1, 0.15) is 24.1 Å². The van der Waals surface area contributed by atoms with Gasteiger partial charge in [-0.15, -0.1) is 0 Å². The Hall–Kier alpha value is -2.59. The average Bonchev–Trinajstić information content (AvgIpc) is 3.10. The van der Waals surface area contributed by atoms with Crippen molar-refractivity contribution >= 4 is 5.69 Å². The summed E-state index contributed by atoms with van der Waals surface area (Å²) in [6.45, 7) is 2.15. The molecule has 0 fully saturated rings. The van der Waals surface area contributed by atoms with Gasteiger partial charge in [0, 0.05) is 17.3 Å². The topological polar surface area (TPSA) is 58.3 Å². The van der Waals surface area contributed by atoms with Gasteiger partial charge >= 0.3 is 0 Å². The normalized spacial score (nSPS) is 12.1. The average molecular weight is 294 g/mol. The number of aliphatic hydroxyl groups excluding tert-OH is 1. The smallest absolute Gasteiger partial charge is 0.225 e. The second-order valence-corrected chi connectivity index (χ2v) is 5.19. The number of rotatable bonds is 5. The van der Waals surface area contributed by atoms with Crippen LogP contribution >= 0.6 is 0 Å². The van der Waals surface area contributed by atoms with Crippen molar-refractivity contribution in [2.45, 2.75) is 19.6 Å². The highest BCUT2D eigenvalue weighted by Gasteiger charge is 2.08. The molecule has 0 bridgehead atoms. The lowest BCUT2D eigenvalue weighted by atomic mass is 10.0. The highest BCUT2D eigenvalue weighted by atomic mass is 16.3. The summed E-state index contributed by atoms with van der Waals surface area (Å²) in [5.74, 6) is 0.610. The van der Waals surface area contributed by atoms with E-state index in [0.717, 1.165) is 22.4 Å². The highest BCUT2D eigenvalue weighted by molar-refractivity contribution is 5.61. The number of hydrogen-bond donors (Lipinski definition) is 2. The fraction of sp³-hybridized carbons (Fsp3) is 0.167. The molecule has 1 heterocycles. The summed E-state index contributed by atoms with van der Waals surface area (Å²) in [6.07, 6.45) is 3.21. The van der Waals surface area contributed by atoms with Gasteiger partial charge in [0.05, 0.1) is 12.8 Å². The Morgan fingerprint density at radius 1 is 1.18 bits per heavy atom. The van der Waals surface area contributed by atoms with Gasteiger partial charge in [-0.25, -0.2) is 4.98 Å². The lowest BCUT2D eigenvalue weighted by molar-refractivity contribution is 0.281. The van der Waals surface area contributed by atoms with E-state index < -0.39 is 0 Å². The maximum Gasteiger partial charge on any atom is 0.225 e. The molecular weight excluding hydrogens is 276 g/mol. The fourth-order valence-electron chi connectivity index (χ4n) is 2.40. The molecule has 0 aliphatic carbocycles. The number of nitrogens with one attached hydrogen (secondary N) is 1. The quantitative estimate of drug-likeness (QED) is 0.746. The van der Waals surface area contributed by atoms with E-state index in [1.54, 1.807) is 12.5 Å². The molecule has 0 spiro atoms. The zero-order chi connectivity index (χ0) is 15.4. The summed E-state index contributed by atoms with van der Waals surface area (Å²) in [4.78, 5) is 4.17. The maximum atomic E-state index is 9.24. The summed E-state index contributed by atoms with van der Waals surface area (Å²) in [5.41, 5.74) is 3.98. The number of benzene rings is 2. The second kappa shape index (κ2) is 6.45. The van der Waals surface area contributed by atoms with Crippen molar-refractivity contribution in [2.75, 3.05) is 5.32 Å². The van der Waals surface area contributed by atoms with Crippen LogP contribution in [0.4, 0.5) is 5.69 Å². The third-order valence-corrected chi connectivity index (χ3v) is 3.56. The van der Waals surface area contributed by atoms with Gasteiger partial charge in [0.1, 0.15) is 6.26 Å². The standard InChI is InChI=1S/C18H18N2O2/c1-13(15-5-2-4-14(10-15)12-21)20-17-7-3-6-16(11-17)18-19-8-9-22-18/h2-11,13,20-21H,12H2,1H3. The lowest BCUT2D eigenvalue weighted by Gasteiger charge is -2.17. The minimum Gasteiger partial charge on any atom is -0.445 e. The van der Waals surface area contributed by atoms with E-state index in [0.29, 0.717) is 5.89 Å². The van der Waals surface area contributed by atoms with Crippen molar-refractivity contribution in [1.29, 1.82) is 0 Å². The Labute approximate surface area is 129 Å². The monoisotopic (exact) mass is 294 g/mol. The molecule has 1 unspecified atom stereocenters. The molecule has 0 amide bonds. The Kier molecular flexibility index (Phi) is 4.21. The van der Waals surface area contributed by atoms with E-state index >= 15 is 0 Å². The minimum atomic E-state index is 0.0558. The van der Waals surface area contributed by atoms with Gasteiger partial charge in [0.15, 0.2) is 0 Å². The van der Waals surface area contributed by atoms with E-state index in [9.17, 15) is 5.11 Å². The molecule has 112 valence electrons. The highest BCUT2D eigenvalue weighted by Crippen LogP contribution is 2.24. The van der Waals surface area contributed by atoms with Crippen molar-refractivity contribution in [3.63, 3.8) is 0 Å². The summed E-state index contributed by atoms with van der Waals surface area (Å²) in [5, 5.41) is 12.7. The lowest BCUT2D eigenvalue weighted by Crippen LogP contribution is -2.07. The molecule has 0 aliphatic rings. The van der Waals surface area contributed by atoms with Crippen molar-refractivity contribution in [3.8, 4) is 11.5 Å². The first-order chi connectivity index (χ1) is 10.8. The zero-order valence-electron chi connectivity index (χ0n) is 12.4. The molecule has 0 aliphatic heterocycles. The molecule has 0 saturated carbocycles. The maximum absolute atomic E-state index is 9.24. The van der Waals surface area contributed by atoms with E-state index in [1.807, 2.05) is 42.5 Å². The van der Waals surface area contributed by atoms with Gasteiger partial charge < -0.3 is 14.8 Å². The van der Waals surface area contributed by atoms with Crippen molar-refractivity contribution in [2.24, 2.45) is 0 Å². The molecule has 3 rings (SSSR count). The van der Waals surface area contributed by atoms with Crippen LogP contribution in [-0.2, 0) is 6.61 Å². The SMILES string of the molecule is CC(Nc1cccc(-c2ncco2)c1)c1cccc(CO)c1. The van der Waals surface area contributed by atoms with Crippen molar-refractivity contribution < 1.29 is 9.52 Å². The van der Waals surface area contributed by atoms with Crippen LogP contribution in [0.2, 0.25) is 0 Å². The van der Waals surface area contributed by atoms with E-state index in [1.165, 1.54) is 0 Å². The molecule has 2 N–H and O–H groups in total. The third-order valence-electron chi connectivity index (χ3n) is 3.56. The number of aromatic nitrogens is 1. The van der Waals surface area contributed by atoms with Gasteiger partial charge in [-0.3, -0.25) is 0 Å². The first-order valence-electron chi connectivity index (χ1n) is 7.22. The van der Waals surface area contributed by atoms with E-state index in [4.69, 9.17) is 4.42 Å². The molecule has 0 radical (unpaired) electrons. The van der Waals surface area contributed by atoms with Crippen LogP contribution in [0.25, 0.3) is 11.5 Å². The van der Waals surface area contributed by atoms with Gasteiger partial charge in [-0.1, -0.05) is 30.3 Å². The summed E-state index contributed by atoms with van der Waals surface area (Å²) < 4.78 is 5.33. The summed E-state index contributed by atoms with van der Waals surface area (Å²) in [7, 11) is 0. The van der Waals surface area contributed by atoms with Gasteiger partial charge in [0.2, 0.25) is 5.89 Å². The van der Waals surface area contributed by atoms with Crippen LogP contribution in [0.5, 0.6) is 0 Å². The number of aliphatic hydroxyl groups is 1. The van der Waals surface area contributed by atoms with Gasteiger partial charge in [0.25, 0.3) is 0 Å². The van der Waals surface area contributed by atoms with Crippen molar-refractivity contribution in [1.82, 2.24) is 4.98 Å². The molecule has 3 aromatic rings. The Morgan fingerprint density at radius 2 is 2.05 bits per heavy atom. The number of anilines is 1. The van der Waals surface area contributed by atoms with Crippen LogP contribution < -0.4 is 5.32 Å². The molecule has 1 aromatic heterocycles. The summed E-state index contributed by atoms with van der Waals surface area (Å²) in [6, 6.07) is 16.0. The fourth-order valence-corrected chi connectivity index (χ4v) is 2.40. The summed E-state index contributed by atoms with van der Waals surface area (Å²) >= 11 is 0. The second-order valence-electron chi connectivity index (χ2n) is 5.19. The van der Waals surface area contributed by atoms with Crippen molar-refractivity contribution in [3.05, 3.63) is 72.1 Å². The Balaban J connectivity index is 1.79. The molecular formula is C18H18N2O2. The molecule has 2 aromatic carbocycles. The van der Waals surface area contributed by atoms with Crippen LogP contribution in [0.15, 0.2) is 65.4 Å². The number of hydrogen-bond acceptors (Lipinski definition) is 4. The van der Waals surface area contributed by atoms with Gasteiger partial charge in [-0.05, 0) is 36.2 Å². The van der Waals surface area contributed by atoms with Crippen LogP contribution in [-0.4, -0.2) is 10.1 Å². The van der Waals surface area contributed by atoms with E-state index in [-0.39, 0.29) is 12.6 Å². The zero-order valence-corrected chi connectivity index (χ0v) is 12.4. The predicted molar refractivity (Wildman–Crippen MR) is 86.3 cm³/mol. The molecule has 4 nitrogen and oxygen atoms in total. The number of oxazole rings is 1.